The number of hydrogen-bond donors (Lipinski definition) is 6. The van der Waals surface area contributed by atoms with Gasteiger partial charge in [-0.3, -0.25) is 24.0 Å². The van der Waals surface area contributed by atoms with E-state index in [1.165, 1.54) is 11.8 Å². The Morgan fingerprint density at radius 2 is 1.73 bits per heavy atom. The van der Waals surface area contributed by atoms with Crippen LogP contribution in [0.2, 0.25) is 0 Å². The van der Waals surface area contributed by atoms with Gasteiger partial charge in [0.2, 0.25) is 23.6 Å². The molecule has 4 unspecified atom stereocenters. The van der Waals surface area contributed by atoms with Gasteiger partial charge in [0, 0.05) is 13.0 Å². The lowest BCUT2D eigenvalue weighted by Crippen LogP contribution is -2.56. The fourth-order valence-corrected chi connectivity index (χ4v) is 3.03. The number of carboxylic acids is 2. The van der Waals surface area contributed by atoms with E-state index in [1.807, 2.05) is 0 Å². The van der Waals surface area contributed by atoms with E-state index in [0.717, 1.165) is 0 Å². The average Bonchev–Trinajstić information content (AvgIpc) is 3.12. The largest absolute Gasteiger partial charge is 0.481 e. The van der Waals surface area contributed by atoms with Crippen molar-refractivity contribution in [2.24, 2.45) is 11.5 Å². The molecular formula is C17H27N5O8. The van der Waals surface area contributed by atoms with Crippen molar-refractivity contribution in [2.75, 3.05) is 6.54 Å². The average molecular weight is 429 g/mol. The standard InChI is InChI=1S/C17H27N5O8/c1-8(18)16(28)22-6-2-3-11(22)15(27)21-10(7-13(24)25)14(26)20-9(17(29)30)4-5-12(19)23/h8-11H,2-7,18H2,1H3,(H2,19,23)(H,20,26)(H,21,27)(H,24,25)(H,29,30). The second kappa shape index (κ2) is 11.1. The second-order valence-electron chi connectivity index (χ2n) is 7.04. The Morgan fingerprint density at radius 3 is 2.23 bits per heavy atom. The van der Waals surface area contributed by atoms with Crippen LogP contribution in [0.5, 0.6) is 0 Å². The molecule has 0 saturated carbocycles. The first-order valence-corrected chi connectivity index (χ1v) is 9.33. The van der Waals surface area contributed by atoms with Crippen LogP contribution in [0.15, 0.2) is 0 Å². The fraction of sp³-hybridized carbons (Fsp3) is 0.647. The van der Waals surface area contributed by atoms with Crippen LogP contribution >= 0.6 is 0 Å². The van der Waals surface area contributed by atoms with Crippen molar-refractivity contribution in [2.45, 2.75) is 63.2 Å². The molecule has 1 fully saturated rings. The number of hydrogen-bond acceptors (Lipinski definition) is 7. The number of rotatable bonds is 11. The highest BCUT2D eigenvalue weighted by atomic mass is 16.4. The molecule has 0 bridgehead atoms. The zero-order chi connectivity index (χ0) is 23.0. The number of aliphatic carboxylic acids is 2. The minimum absolute atomic E-state index is 0.294. The zero-order valence-electron chi connectivity index (χ0n) is 16.5. The molecule has 1 aliphatic heterocycles. The molecule has 4 amide bonds. The van der Waals surface area contributed by atoms with E-state index in [1.54, 1.807) is 0 Å². The number of nitrogens with zero attached hydrogens (tertiary/aromatic N) is 1. The lowest BCUT2D eigenvalue weighted by Gasteiger charge is -2.27. The van der Waals surface area contributed by atoms with Gasteiger partial charge in [-0.15, -0.1) is 0 Å². The van der Waals surface area contributed by atoms with Crippen LogP contribution < -0.4 is 22.1 Å². The van der Waals surface area contributed by atoms with Crippen molar-refractivity contribution in [1.82, 2.24) is 15.5 Å². The van der Waals surface area contributed by atoms with Gasteiger partial charge in [0.15, 0.2) is 0 Å². The van der Waals surface area contributed by atoms with Gasteiger partial charge >= 0.3 is 11.9 Å². The maximum absolute atomic E-state index is 12.6. The van der Waals surface area contributed by atoms with Gasteiger partial charge in [0.1, 0.15) is 18.1 Å². The highest BCUT2D eigenvalue weighted by Gasteiger charge is 2.37. The lowest BCUT2D eigenvalue weighted by molar-refractivity contribution is -0.144. The van der Waals surface area contributed by atoms with Gasteiger partial charge in [-0.1, -0.05) is 0 Å². The van der Waals surface area contributed by atoms with E-state index in [9.17, 15) is 33.9 Å². The SMILES string of the molecule is CC(N)C(=O)N1CCCC1C(=O)NC(CC(=O)O)C(=O)NC(CCC(N)=O)C(=O)O. The van der Waals surface area contributed by atoms with Crippen molar-refractivity contribution in [1.29, 1.82) is 0 Å². The van der Waals surface area contributed by atoms with E-state index in [2.05, 4.69) is 10.6 Å². The molecule has 0 radical (unpaired) electrons. The third kappa shape index (κ3) is 7.31. The van der Waals surface area contributed by atoms with Gasteiger partial charge in [-0.2, -0.15) is 0 Å². The summed E-state index contributed by atoms with van der Waals surface area (Å²) in [5.74, 6) is -5.88. The predicted octanol–water partition coefficient (Wildman–Crippen LogP) is -2.88. The summed E-state index contributed by atoms with van der Waals surface area (Å²) in [5.41, 5.74) is 10.5. The van der Waals surface area contributed by atoms with Gasteiger partial charge in [-0.25, -0.2) is 4.79 Å². The van der Waals surface area contributed by atoms with Crippen LogP contribution in [-0.2, 0) is 28.8 Å². The Bertz CT molecular complexity index is 710. The molecule has 4 atom stereocenters. The summed E-state index contributed by atoms with van der Waals surface area (Å²) < 4.78 is 0. The van der Waals surface area contributed by atoms with Crippen LogP contribution in [-0.4, -0.2) is 81.4 Å². The Balaban J connectivity index is 2.89. The van der Waals surface area contributed by atoms with E-state index in [-0.39, 0.29) is 12.8 Å². The summed E-state index contributed by atoms with van der Waals surface area (Å²) in [4.78, 5) is 71.7. The third-order valence-electron chi connectivity index (χ3n) is 4.53. The number of carboxylic acid groups (broad SMARTS) is 2. The highest BCUT2D eigenvalue weighted by molar-refractivity contribution is 5.95. The number of primary amides is 1. The molecule has 168 valence electrons. The van der Waals surface area contributed by atoms with E-state index in [4.69, 9.17) is 16.6 Å². The van der Waals surface area contributed by atoms with E-state index >= 15 is 0 Å². The third-order valence-corrected chi connectivity index (χ3v) is 4.53. The predicted molar refractivity (Wildman–Crippen MR) is 101 cm³/mol. The van der Waals surface area contributed by atoms with Crippen LogP contribution in [0.1, 0.15) is 39.0 Å². The molecule has 30 heavy (non-hydrogen) atoms. The summed E-state index contributed by atoms with van der Waals surface area (Å²) in [7, 11) is 0. The molecule has 1 heterocycles. The van der Waals surface area contributed by atoms with Crippen molar-refractivity contribution in [3.8, 4) is 0 Å². The number of carbonyl (C=O) groups is 6. The van der Waals surface area contributed by atoms with Crippen molar-refractivity contribution >= 4 is 35.6 Å². The number of nitrogens with one attached hydrogen (secondary N) is 2. The maximum Gasteiger partial charge on any atom is 0.326 e. The van der Waals surface area contributed by atoms with Crippen molar-refractivity contribution in [3.63, 3.8) is 0 Å². The molecule has 0 aliphatic carbocycles. The first kappa shape index (κ1) is 24.8. The molecule has 0 aromatic heterocycles. The van der Waals surface area contributed by atoms with Crippen molar-refractivity contribution in [3.05, 3.63) is 0 Å². The van der Waals surface area contributed by atoms with Crippen LogP contribution in [0.3, 0.4) is 0 Å². The Morgan fingerprint density at radius 1 is 1.10 bits per heavy atom. The number of likely N-dealkylation sites (tertiary alicyclic amines) is 1. The van der Waals surface area contributed by atoms with Gasteiger partial charge in [-0.05, 0) is 26.2 Å². The lowest BCUT2D eigenvalue weighted by atomic mass is 10.1. The van der Waals surface area contributed by atoms with Crippen LogP contribution in [0.4, 0.5) is 0 Å². The van der Waals surface area contributed by atoms with Crippen LogP contribution in [0, 0.1) is 0 Å². The molecule has 0 aromatic carbocycles. The van der Waals surface area contributed by atoms with E-state index in [0.29, 0.717) is 19.4 Å². The molecule has 13 nitrogen and oxygen atoms in total. The minimum atomic E-state index is -1.58. The molecule has 13 heteroatoms. The molecular weight excluding hydrogens is 402 g/mol. The monoisotopic (exact) mass is 429 g/mol. The van der Waals surface area contributed by atoms with Gasteiger partial charge < -0.3 is 37.2 Å². The van der Waals surface area contributed by atoms with E-state index < -0.39 is 66.2 Å². The van der Waals surface area contributed by atoms with Gasteiger partial charge in [0.05, 0.1) is 12.5 Å². The molecule has 8 N–H and O–H groups in total. The number of nitrogens with two attached hydrogens (primary N) is 2. The quantitative estimate of drug-likeness (QED) is 0.198. The number of amides is 4. The molecule has 1 saturated heterocycles. The van der Waals surface area contributed by atoms with Gasteiger partial charge in [0.25, 0.3) is 0 Å². The molecule has 0 aromatic rings. The maximum atomic E-state index is 12.6. The van der Waals surface area contributed by atoms with Crippen LogP contribution in [0.25, 0.3) is 0 Å². The van der Waals surface area contributed by atoms with Crippen molar-refractivity contribution < 1.29 is 39.0 Å². The summed E-state index contributed by atoms with van der Waals surface area (Å²) in [6.07, 6.45) is -0.594. The Kier molecular flexibility index (Phi) is 9.17. The normalized spacial score (nSPS) is 18.7. The smallest absolute Gasteiger partial charge is 0.326 e. The topological polar surface area (TPSA) is 222 Å². The second-order valence-corrected chi connectivity index (χ2v) is 7.04. The Hall–Kier alpha value is -3.22. The summed E-state index contributed by atoms with van der Waals surface area (Å²) in [5, 5.41) is 22.6. The fourth-order valence-electron chi connectivity index (χ4n) is 3.03. The first-order valence-electron chi connectivity index (χ1n) is 9.33. The summed E-state index contributed by atoms with van der Waals surface area (Å²) in [6.45, 7) is 1.76. The number of carbonyl (C=O) groups excluding carboxylic acids is 4. The summed E-state index contributed by atoms with van der Waals surface area (Å²) in [6, 6.07) is -4.84. The summed E-state index contributed by atoms with van der Waals surface area (Å²) >= 11 is 0. The molecule has 1 aliphatic rings. The molecule has 0 spiro atoms. The first-order chi connectivity index (χ1) is 13.9. The molecule has 1 rings (SSSR count). The zero-order valence-corrected chi connectivity index (χ0v) is 16.5. The highest BCUT2D eigenvalue weighted by Crippen LogP contribution is 2.18. The Labute approximate surface area is 172 Å². The minimum Gasteiger partial charge on any atom is -0.481 e.